The van der Waals surface area contributed by atoms with Gasteiger partial charge in [0.05, 0.1) is 13.2 Å². The van der Waals surface area contributed by atoms with Gasteiger partial charge in [-0.3, -0.25) is 4.79 Å². The van der Waals surface area contributed by atoms with Crippen molar-refractivity contribution in [3.8, 4) is 0 Å². The molecule has 5 nitrogen and oxygen atoms in total. The Morgan fingerprint density at radius 3 is 2.70 bits per heavy atom. The van der Waals surface area contributed by atoms with Crippen molar-refractivity contribution in [3.63, 3.8) is 0 Å². The molecule has 1 aliphatic rings. The Balaban J connectivity index is 2.14. The minimum absolute atomic E-state index is 0.0473. The van der Waals surface area contributed by atoms with Crippen LogP contribution in [0.5, 0.6) is 0 Å². The molecule has 0 bridgehead atoms. The fourth-order valence-electron chi connectivity index (χ4n) is 2.13. The standard InChI is InChI=1S/C14H17NO4S/c1-20-9-10-2-4-11(5-3-10)13(16)15-6-7-19-8-12(15)14(17)18/h2-5,12H,6-9H2,1H3,(H,17,18)/t12-/m0/s1. The topological polar surface area (TPSA) is 66.8 Å². The highest BCUT2D eigenvalue weighted by Crippen LogP contribution is 2.15. The second-order valence-electron chi connectivity index (χ2n) is 4.56. The summed E-state index contributed by atoms with van der Waals surface area (Å²) in [5.74, 6) is -0.391. The summed E-state index contributed by atoms with van der Waals surface area (Å²) >= 11 is 1.71. The van der Waals surface area contributed by atoms with Gasteiger partial charge in [-0.1, -0.05) is 12.1 Å². The molecule has 0 radical (unpaired) electrons. The van der Waals surface area contributed by atoms with Crippen LogP contribution in [0, 0.1) is 0 Å². The Morgan fingerprint density at radius 1 is 1.40 bits per heavy atom. The number of amides is 1. The zero-order valence-electron chi connectivity index (χ0n) is 11.2. The van der Waals surface area contributed by atoms with E-state index in [-0.39, 0.29) is 12.5 Å². The van der Waals surface area contributed by atoms with E-state index in [9.17, 15) is 9.59 Å². The number of morpholine rings is 1. The minimum Gasteiger partial charge on any atom is -0.480 e. The van der Waals surface area contributed by atoms with Crippen LogP contribution in [0.2, 0.25) is 0 Å². The number of carbonyl (C=O) groups excluding carboxylic acids is 1. The number of ether oxygens (including phenoxy) is 1. The van der Waals surface area contributed by atoms with E-state index >= 15 is 0 Å². The van der Waals surface area contributed by atoms with Crippen LogP contribution < -0.4 is 0 Å². The molecule has 0 saturated carbocycles. The second-order valence-corrected chi connectivity index (χ2v) is 5.42. The monoisotopic (exact) mass is 295 g/mol. The number of hydrogen-bond donors (Lipinski definition) is 1. The smallest absolute Gasteiger partial charge is 0.328 e. The van der Waals surface area contributed by atoms with Crippen LogP contribution in [0.1, 0.15) is 15.9 Å². The fourth-order valence-corrected chi connectivity index (χ4v) is 2.65. The molecule has 20 heavy (non-hydrogen) atoms. The predicted molar refractivity (Wildman–Crippen MR) is 76.9 cm³/mol. The molecule has 6 heteroatoms. The van der Waals surface area contributed by atoms with Crippen LogP contribution in [0.4, 0.5) is 0 Å². The van der Waals surface area contributed by atoms with Gasteiger partial charge in [0, 0.05) is 17.9 Å². The molecule has 0 aliphatic carbocycles. The highest BCUT2D eigenvalue weighted by molar-refractivity contribution is 7.97. The van der Waals surface area contributed by atoms with Gasteiger partial charge in [-0.15, -0.1) is 0 Å². The van der Waals surface area contributed by atoms with Crippen molar-refractivity contribution in [2.45, 2.75) is 11.8 Å². The molecule has 0 unspecified atom stereocenters. The van der Waals surface area contributed by atoms with Crippen molar-refractivity contribution in [1.82, 2.24) is 4.90 Å². The first-order chi connectivity index (χ1) is 9.63. The highest BCUT2D eigenvalue weighted by atomic mass is 32.2. The molecule has 2 rings (SSSR count). The molecule has 1 heterocycles. The number of rotatable bonds is 4. The van der Waals surface area contributed by atoms with Gasteiger partial charge in [-0.2, -0.15) is 11.8 Å². The first-order valence-electron chi connectivity index (χ1n) is 6.33. The Bertz CT molecular complexity index is 488. The fraction of sp³-hybridized carbons (Fsp3) is 0.429. The SMILES string of the molecule is CSCc1ccc(C(=O)N2CCOC[C@H]2C(=O)O)cc1. The number of benzene rings is 1. The van der Waals surface area contributed by atoms with E-state index in [1.807, 2.05) is 18.4 Å². The number of carboxylic acids is 1. The van der Waals surface area contributed by atoms with E-state index in [1.165, 1.54) is 4.90 Å². The predicted octanol–water partition coefficient (Wildman–Crippen LogP) is 1.48. The lowest BCUT2D eigenvalue weighted by molar-refractivity contribution is -0.147. The molecule has 1 amide bonds. The molecule has 1 aromatic rings. The summed E-state index contributed by atoms with van der Waals surface area (Å²) in [5.41, 5.74) is 1.66. The second kappa shape index (κ2) is 6.76. The number of hydrogen-bond acceptors (Lipinski definition) is 4. The third kappa shape index (κ3) is 3.32. The molecule has 1 N–H and O–H groups in total. The Kier molecular flexibility index (Phi) is 5.03. The third-order valence-electron chi connectivity index (χ3n) is 3.19. The summed E-state index contributed by atoms with van der Waals surface area (Å²) in [7, 11) is 0. The van der Waals surface area contributed by atoms with Gasteiger partial charge in [-0.25, -0.2) is 4.79 Å². The van der Waals surface area contributed by atoms with Crippen molar-refractivity contribution in [3.05, 3.63) is 35.4 Å². The normalized spacial score (nSPS) is 18.9. The Labute approximate surface area is 121 Å². The molecule has 1 aromatic carbocycles. The number of nitrogens with zero attached hydrogens (tertiary/aromatic N) is 1. The number of aliphatic carboxylic acids is 1. The van der Waals surface area contributed by atoms with E-state index in [2.05, 4.69) is 0 Å². The summed E-state index contributed by atoms with van der Waals surface area (Å²) in [5, 5.41) is 9.14. The van der Waals surface area contributed by atoms with Crippen LogP contribution in [-0.4, -0.2) is 53.9 Å². The lowest BCUT2D eigenvalue weighted by atomic mass is 10.1. The van der Waals surface area contributed by atoms with Crippen LogP contribution in [0.15, 0.2) is 24.3 Å². The van der Waals surface area contributed by atoms with Gasteiger partial charge in [0.1, 0.15) is 0 Å². The highest BCUT2D eigenvalue weighted by Gasteiger charge is 2.33. The Hall–Kier alpha value is -1.53. The van der Waals surface area contributed by atoms with Crippen molar-refractivity contribution < 1.29 is 19.4 Å². The van der Waals surface area contributed by atoms with Gasteiger partial charge in [-0.05, 0) is 24.0 Å². The number of thioether (sulfide) groups is 1. The summed E-state index contributed by atoms with van der Waals surface area (Å²) in [4.78, 5) is 24.9. The van der Waals surface area contributed by atoms with Crippen molar-refractivity contribution >= 4 is 23.6 Å². The molecule has 0 aromatic heterocycles. The number of carbonyl (C=O) groups is 2. The summed E-state index contributed by atoms with van der Waals surface area (Å²) in [6.07, 6.45) is 2.02. The first-order valence-corrected chi connectivity index (χ1v) is 7.72. The lowest BCUT2D eigenvalue weighted by Crippen LogP contribution is -2.52. The van der Waals surface area contributed by atoms with Gasteiger partial charge in [0.25, 0.3) is 5.91 Å². The van der Waals surface area contributed by atoms with E-state index in [0.717, 1.165) is 11.3 Å². The van der Waals surface area contributed by atoms with Gasteiger partial charge in [0.15, 0.2) is 6.04 Å². The first kappa shape index (κ1) is 14.9. The van der Waals surface area contributed by atoms with Gasteiger partial charge in [0.2, 0.25) is 0 Å². The van der Waals surface area contributed by atoms with E-state index in [1.54, 1.807) is 23.9 Å². The maximum Gasteiger partial charge on any atom is 0.328 e. The van der Waals surface area contributed by atoms with Crippen molar-refractivity contribution in [2.24, 2.45) is 0 Å². The molecule has 0 spiro atoms. The van der Waals surface area contributed by atoms with Crippen LogP contribution in [-0.2, 0) is 15.3 Å². The summed E-state index contributed by atoms with van der Waals surface area (Å²) < 4.78 is 5.13. The summed E-state index contributed by atoms with van der Waals surface area (Å²) in [6, 6.07) is 6.41. The van der Waals surface area contributed by atoms with E-state index in [0.29, 0.717) is 18.7 Å². The van der Waals surface area contributed by atoms with Crippen LogP contribution in [0.25, 0.3) is 0 Å². The minimum atomic E-state index is -1.03. The van der Waals surface area contributed by atoms with Crippen molar-refractivity contribution in [1.29, 1.82) is 0 Å². The molecule has 1 atom stereocenters. The largest absolute Gasteiger partial charge is 0.480 e. The molecular formula is C14H17NO4S. The van der Waals surface area contributed by atoms with Crippen molar-refractivity contribution in [2.75, 3.05) is 26.0 Å². The van der Waals surface area contributed by atoms with E-state index < -0.39 is 12.0 Å². The molecule has 1 saturated heterocycles. The Morgan fingerprint density at radius 2 is 2.10 bits per heavy atom. The maximum atomic E-state index is 12.4. The molecule has 1 fully saturated rings. The lowest BCUT2D eigenvalue weighted by Gasteiger charge is -2.32. The average Bonchev–Trinajstić information content (AvgIpc) is 2.47. The third-order valence-corrected chi connectivity index (χ3v) is 3.81. The number of carboxylic acid groups (broad SMARTS) is 1. The maximum absolute atomic E-state index is 12.4. The van der Waals surface area contributed by atoms with E-state index in [4.69, 9.17) is 9.84 Å². The molecule has 1 aliphatic heterocycles. The van der Waals surface area contributed by atoms with Crippen LogP contribution >= 0.6 is 11.8 Å². The quantitative estimate of drug-likeness (QED) is 0.911. The van der Waals surface area contributed by atoms with Gasteiger partial charge < -0.3 is 14.7 Å². The zero-order valence-corrected chi connectivity index (χ0v) is 12.1. The molecule has 108 valence electrons. The van der Waals surface area contributed by atoms with Crippen LogP contribution in [0.3, 0.4) is 0 Å². The summed E-state index contributed by atoms with van der Waals surface area (Å²) in [6.45, 7) is 0.730. The van der Waals surface area contributed by atoms with Gasteiger partial charge >= 0.3 is 5.97 Å². The zero-order chi connectivity index (χ0) is 14.5. The molecular weight excluding hydrogens is 278 g/mol. The average molecular weight is 295 g/mol.